The van der Waals surface area contributed by atoms with Crippen LogP contribution in [-0.4, -0.2) is 30.6 Å². The van der Waals surface area contributed by atoms with Gasteiger partial charge in [0.25, 0.3) is 0 Å². The van der Waals surface area contributed by atoms with Crippen LogP contribution in [0.2, 0.25) is 0 Å². The lowest BCUT2D eigenvalue weighted by atomic mass is 10.0. The summed E-state index contributed by atoms with van der Waals surface area (Å²) in [5, 5.41) is 3.22. The van der Waals surface area contributed by atoms with Gasteiger partial charge >= 0.3 is 0 Å². The van der Waals surface area contributed by atoms with Crippen molar-refractivity contribution in [1.29, 1.82) is 0 Å². The second-order valence-electron chi connectivity index (χ2n) is 5.74. The van der Waals surface area contributed by atoms with Gasteiger partial charge < -0.3 is 21.5 Å². The normalized spacial score (nSPS) is 20.5. The van der Waals surface area contributed by atoms with Crippen LogP contribution in [0.1, 0.15) is 37.8 Å². The van der Waals surface area contributed by atoms with Crippen molar-refractivity contribution >= 4 is 41.5 Å². The van der Waals surface area contributed by atoms with Crippen molar-refractivity contribution in [2.24, 2.45) is 16.5 Å². The van der Waals surface area contributed by atoms with Crippen LogP contribution in [0, 0.1) is 0 Å². The first-order valence-electron chi connectivity index (χ1n) is 8.17. The minimum absolute atomic E-state index is 0. The maximum absolute atomic E-state index is 11.1. The molecule has 1 aliphatic rings. The Morgan fingerprint density at radius 1 is 1.25 bits per heavy atom. The van der Waals surface area contributed by atoms with E-state index in [4.69, 9.17) is 16.2 Å². The number of carbonyl (C=O) groups is 1. The number of nitrogens with zero attached hydrogens (tertiary/aromatic N) is 1. The fraction of sp³-hybridized carbons (Fsp3) is 0.529. The van der Waals surface area contributed by atoms with Gasteiger partial charge in [0.05, 0.1) is 12.6 Å². The van der Waals surface area contributed by atoms with Crippen LogP contribution >= 0.6 is 24.0 Å². The Labute approximate surface area is 160 Å². The van der Waals surface area contributed by atoms with Crippen molar-refractivity contribution in [2.75, 3.05) is 11.9 Å². The molecule has 5 N–H and O–H groups in total. The summed E-state index contributed by atoms with van der Waals surface area (Å²) in [7, 11) is 0. The largest absolute Gasteiger partial charge is 0.370 e. The lowest BCUT2D eigenvalue weighted by Gasteiger charge is -2.15. The summed E-state index contributed by atoms with van der Waals surface area (Å²) in [5.41, 5.74) is 14.7. The topological polar surface area (TPSA) is 103 Å². The summed E-state index contributed by atoms with van der Waals surface area (Å²) in [4.78, 5) is 15.4. The number of aryl methyl sites for hydroxylation is 2. The third-order valence-corrected chi connectivity index (χ3v) is 4.14. The average molecular weight is 446 g/mol. The lowest BCUT2D eigenvalue weighted by molar-refractivity contribution is -0.128. The molecule has 0 spiro atoms. The van der Waals surface area contributed by atoms with E-state index in [0.29, 0.717) is 18.9 Å². The molecule has 1 fully saturated rings. The fourth-order valence-electron chi connectivity index (χ4n) is 2.82. The number of ether oxygens (including phenoxy) is 1. The molecule has 1 aromatic carbocycles. The molecule has 0 saturated carbocycles. The number of hydrogen-bond donors (Lipinski definition) is 3. The van der Waals surface area contributed by atoms with Crippen molar-refractivity contribution in [2.45, 2.75) is 51.7 Å². The summed E-state index contributed by atoms with van der Waals surface area (Å²) in [5.74, 6) is -0.0428. The summed E-state index contributed by atoms with van der Waals surface area (Å²) in [6.45, 7) is 4.66. The van der Waals surface area contributed by atoms with E-state index in [0.717, 1.165) is 24.9 Å². The number of primary amides is 1. The zero-order chi connectivity index (χ0) is 16.8. The van der Waals surface area contributed by atoms with Gasteiger partial charge in [0.15, 0.2) is 5.96 Å². The standard InChI is InChI=1S/C17H26N4O2.HI/c1-3-11-6-5-7-12(4-2)15(11)21-17(19)20-10-13-8-9-14(23-13)16(18)22;/h5-7,13-14H,3-4,8-10H2,1-2H3,(H2,18,22)(H3,19,20,21);1H. The summed E-state index contributed by atoms with van der Waals surface area (Å²) >= 11 is 0. The molecule has 1 aliphatic heterocycles. The van der Waals surface area contributed by atoms with Crippen molar-refractivity contribution in [3.05, 3.63) is 29.3 Å². The molecule has 2 unspecified atom stereocenters. The predicted octanol–water partition coefficient (Wildman–Crippen LogP) is 2.19. The summed E-state index contributed by atoms with van der Waals surface area (Å²) in [6, 6.07) is 6.24. The Morgan fingerprint density at radius 3 is 2.38 bits per heavy atom. The van der Waals surface area contributed by atoms with Crippen LogP contribution in [0.4, 0.5) is 5.69 Å². The molecule has 1 aromatic rings. The third-order valence-electron chi connectivity index (χ3n) is 4.14. The molecule has 1 amide bonds. The van der Waals surface area contributed by atoms with Gasteiger partial charge in [0.2, 0.25) is 5.91 Å². The van der Waals surface area contributed by atoms with E-state index in [1.807, 2.05) is 0 Å². The van der Waals surface area contributed by atoms with Gasteiger partial charge in [-0.15, -0.1) is 24.0 Å². The van der Waals surface area contributed by atoms with Crippen molar-refractivity contribution in [1.82, 2.24) is 0 Å². The quantitative estimate of drug-likeness (QED) is 0.354. The smallest absolute Gasteiger partial charge is 0.246 e. The Bertz CT molecular complexity index is 570. The van der Waals surface area contributed by atoms with E-state index in [1.54, 1.807) is 0 Å². The van der Waals surface area contributed by atoms with Gasteiger partial charge in [0, 0.05) is 5.69 Å². The first-order chi connectivity index (χ1) is 11.0. The number of nitrogens with one attached hydrogen (secondary N) is 1. The highest BCUT2D eigenvalue weighted by Gasteiger charge is 2.28. The van der Waals surface area contributed by atoms with Crippen LogP contribution in [0.5, 0.6) is 0 Å². The summed E-state index contributed by atoms with van der Waals surface area (Å²) < 4.78 is 5.55. The van der Waals surface area contributed by atoms with Gasteiger partial charge in [-0.2, -0.15) is 0 Å². The molecule has 1 heterocycles. The molecule has 0 aromatic heterocycles. The summed E-state index contributed by atoms with van der Waals surface area (Å²) in [6.07, 6.45) is 2.69. The number of aliphatic imine (C=N–C) groups is 1. The molecule has 0 radical (unpaired) electrons. The highest BCUT2D eigenvalue weighted by molar-refractivity contribution is 14.0. The number of anilines is 1. The number of carbonyl (C=O) groups excluding carboxylic acids is 1. The zero-order valence-corrected chi connectivity index (χ0v) is 16.6. The molecule has 1 saturated heterocycles. The molecule has 0 bridgehead atoms. The minimum atomic E-state index is -0.489. The van der Waals surface area contributed by atoms with Gasteiger partial charge in [-0.05, 0) is 36.8 Å². The number of rotatable bonds is 6. The number of para-hydroxylation sites is 1. The Hall–Kier alpha value is -1.35. The van der Waals surface area contributed by atoms with Crippen LogP contribution < -0.4 is 16.8 Å². The van der Waals surface area contributed by atoms with E-state index in [9.17, 15) is 4.79 Å². The molecule has 6 nitrogen and oxygen atoms in total. The molecule has 0 aliphatic carbocycles. The monoisotopic (exact) mass is 446 g/mol. The number of halogens is 1. The highest BCUT2D eigenvalue weighted by atomic mass is 127. The third kappa shape index (κ3) is 5.34. The Morgan fingerprint density at radius 2 is 1.88 bits per heavy atom. The molecular formula is C17H27IN4O2. The van der Waals surface area contributed by atoms with E-state index < -0.39 is 12.0 Å². The zero-order valence-electron chi connectivity index (χ0n) is 14.2. The second kappa shape index (κ2) is 9.83. The van der Waals surface area contributed by atoms with Crippen LogP contribution in [-0.2, 0) is 22.4 Å². The van der Waals surface area contributed by atoms with Gasteiger partial charge in [-0.3, -0.25) is 9.79 Å². The lowest BCUT2D eigenvalue weighted by Crippen LogP contribution is -2.30. The molecule has 2 rings (SSSR count). The molecule has 24 heavy (non-hydrogen) atoms. The maximum Gasteiger partial charge on any atom is 0.246 e. The van der Waals surface area contributed by atoms with Crippen molar-refractivity contribution < 1.29 is 9.53 Å². The number of hydrogen-bond acceptors (Lipinski definition) is 3. The second-order valence-corrected chi connectivity index (χ2v) is 5.74. The van der Waals surface area contributed by atoms with Gasteiger partial charge in [-0.1, -0.05) is 32.0 Å². The molecule has 2 atom stereocenters. The average Bonchev–Trinajstić information content (AvgIpc) is 3.02. The van der Waals surface area contributed by atoms with E-state index in [-0.39, 0.29) is 30.1 Å². The minimum Gasteiger partial charge on any atom is -0.370 e. The Balaban J connectivity index is 0.00000288. The number of benzene rings is 1. The van der Waals surface area contributed by atoms with Crippen LogP contribution in [0.15, 0.2) is 23.2 Å². The van der Waals surface area contributed by atoms with Crippen LogP contribution in [0.25, 0.3) is 0 Å². The van der Waals surface area contributed by atoms with Crippen molar-refractivity contribution in [3.8, 4) is 0 Å². The number of guanidine groups is 1. The first-order valence-corrected chi connectivity index (χ1v) is 8.17. The van der Waals surface area contributed by atoms with Crippen LogP contribution in [0.3, 0.4) is 0 Å². The Kier molecular flexibility index (Phi) is 8.47. The van der Waals surface area contributed by atoms with E-state index >= 15 is 0 Å². The van der Waals surface area contributed by atoms with Gasteiger partial charge in [0.1, 0.15) is 6.10 Å². The van der Waals surface area contributed by atoms with Crippen molar-refractivity contribution in [3.63, 3.8) is 0 Å². The van der Waals surface area contributed by atoms with E-state index in [2.05, 4.69) is 42.4 Å². The molecule has 7 heteroatoms. The van der Waals surface area contributed by atoms with Gasteiger partial charge in [-0.25, -0.2) is 0 Å². The highest BCUT2D eigenvalue weighted by Crippen LogP contribution is 2.23. The SMILES string of the molecule is CCc1cccc(CC)c1NC(N)=NCC1CCC(C(N)=O)O1.I. The molecular weight excluding hydrogens is 419 g/mol. The molecule has 134 valence electrons. The maximum atomic E-state index is 11.1. The van der Waals surface area contributed by atoms with E-state index in [1.165, 1.54) is 11.1 Å². The predicted molar refractivity (Wildman–Crippen MR) is 108 cm³/mol. The number of amides is 1. The number of nitrogens with two attached hydrogens (primary N) is 2. The fourth-order valence-corrected chi connectivity index (χ4v) is 2.82. The first kappa shape index (κ1) is 20.7.